The predicted molar refractivity (Wildman–Crippen MR) is 81.2 cm³/mol. The van der Waals surface area contributed by atoms with E-state index in [0.29, 0.717) is 24.9 Å². The van der Waals surface area contributed by atoms with Crippen molar-refractivity contribution in [2.75, 3.05) is 13.1 Å². The van der Waals surface area contributed by atoms with Crippen LogP contribution in [0.2, 0.25) is 0 Å². The fourth-order valence-corrected chi connectivity index (χ4v) is 3.47. The van der Waals surface area contributed by atoms with Crippen molar-refractivity contribution in [3.8, 4) is 0 Å². The van der Waals surface area contributed by atoms with Gasteiger partial charge in [-0.15, -0.1) is 0 Å². The van der Waals surface area contributed by atoms with Crippen LogP contribution in [0.25, 0.3) is 0 Å². The van der Waals surface area contributed by atoms with E-state index in [1.54, 1.807) is 4.90 Å². The number of amides is 2. The molecule has 21 heavy (non-hydrogen) atoms. The van der Waals surface area contributed by atoms with Crippen LogP contribution in [-0.4, -0.2) is 52.1 Å². The number of carbonyl (C=O) groups excluding carboxylic acids is 1. The third kappa shape index (κ3) is 3.89. The second-order valence-electron chi connectivity index (χ2n) is 6.79. The fraction of sp³-hybridized carbons (Fsp3) is 0.875. The van der Waals surface area contributed by atoms with E-state index in [1.807, 2.05) is 4.90 Å². The molecule has 1 saturated carbocycles. The molecule has 2 amide bonds. The zero-order valence-corrected chi connectivity index (χ0v) is 13.3. The SMILES string of the molecule is CC(C)CCN(C(=O)N1CCCC1C(=O)O)C1CCCC1. The van der Waals surface area contributed by atoms with Crippen molar-refractivity contribution < 1.29 is 14.7 Å². The zero-order valence-electron chi connectivity index (χ0n) is 13.3. The number of carboxylic acid groups (broad SMARTS) is 1. The first-order valence-corrected chi connectivity index (χ1v) is 8.30. The van der Waals surface area contributed by atoms with Gasteiger partial charge in [-0.1, -0.05) is 26.7 Å². The summed E-state index contributed by atoms with van der Waals surface area (Å²) >= 11 is 0. The van der Waals surface area contributed by atoms with Crippen LogP contribution in [0.3, 0.4) is 0 Å². The molecule has 1 N–H and O–H groups in total. The average Bonchev–Trinajstić information content (AvgIpc) is 3.09. The molecule has 5 nitrogen and oxygen atoms in total. The summed E-state index contributed by atoms with van der Waals surface area (Å²) in [6.45, 7) is 5.66. The minimum atomic E-state index is -0.865. The minimum absolute atomic E-state index is 0.0487. The molecule has 2 fully saturated rings. The molecule has 0 aromatic carbocycles. The molecular weight excluding hydrogens is 268 g/mol. The van der Waals surface area contributed by atoms with E-state index in [1.165, 1.54) is 12.8 Å². The van der Waals surface area contributed by atoms with Crippen molar-refractivity contribution in [1.82, 2.24) is 9.80 Å². The molecule has 5 heteroatoms. The van der Waals surface area contributed by atoms with Crippen molar-refractivity contribution in [1.29, 1.82) is 0 Å². The first-order chi connectivity index (χ1) is 10.0. The molecule has 0 aromatic heterocycles. The van der Waals surface area contributed by atoms with Gasteiger partial charge in [0.05, 0.1) is 0 Å². The molecule has 0 aromatic rings. The highest BCUT2D eigenvalue weighted by atomic mass is 16.4. The molecule has 1 heterocycles. The van der Waals surface area contributed by atoms with Gasteiger partial charge in [-0.25, -0.2) is 9.59 Å². The number of urea groups is 1. The number of carbonyl (C=O) groups is 2. The quantitative estimate of drug-likeness (QED) is 0.848. The highest BCUT2D eigenvalue weighted by Gasteiger charge is 2.38. The Morgan fingerprint density at radius 2 is 1.86 bits per heavy atom. The average molecular weight is 296 g/mol. The third-order valence-electron chi connectivity index (χ3n) is 4.74. The molecule has 0 spiro atoms. The van der Waals surface area contributed by atoms with E-state index in [0.717, 1.165) is 32.2 Å². The summed E-state index contributed by atoms with van der Waals surface area (Å²) in [5, 5.41) is 9.29. The van der Waals surface area contributed by atoms with Crippen LogP contribution < -0.4 is 0 Å². The highest BCUT2D eigenvalue weighted by molar-refractivity contribution is 5.83. The first kappa shape index (κ1) is 16.1. The predicted octanol–water partition coefficient (Wildman–Crippen LogP) is 2.95. The Hall–Kier alpha value is -1.26. The van der Waals surface area contributed by atoms with Crippen molar-refractivity contribution in [3.05, 3.63) is 0 Å². The lowest BCUT2D eigenvalue weighted by Crippen LogP contribution is -2.51. The van der Waals surface area contributed by atoms with Crippen LogP contribution in [0.4, 0.5) is 4.79 Å². The Labute approximate surface area is 127 Å². The summed E-state index contributed by atoms with van der Waals surface area (Å²) in [4.78, 5) is 27.7. The fourth-order valence-electron chi connectivity index (χ4n) is 3.47. The lowest BCUT2D eigenvalue weighted by Gasteiger charge is -2.35. The molecule has 1 unspecified atom stereocenters. The maximum absolute atomic E-state index is 12.8. The lowest BCUT2D eigenvalue weighted by atomic mass is 10.1. The molecule has 2 rings (SSSR count). The van der Waals surface area contributed by atoms with Gasteiger partial charge in [-0.05, 0) is 38.0 Å². The van der Waals surface area contributed by atoms with Gasteiger partial charge in [0, 0.05) is 19.1 Å². The highest BCUT2D eigenvalue weighted by Crippen LogP contribution is 2.27. The second-order valence-corrected chi connectivity index (χ2v) is 6.79. The van der Waals surface area contributed by atoms with Crippen LogP contribution in [0.5, 0.6) is 0 Å². The summed E-state index contributed by atoms with van der Waals surface area (Å²) in [5.41, 5.74) is 0. The number of hydrogen-bond acceptors (Lipinski definition) is 2. The number of carboxylic acids is 1. The maximum Gasteiger partial charge on any atom is 0.326 e. The van der Waals surface area contributed by atoms with Crippen molar-refractivity contribution in [3.63, 3.8) is 0 Å². The first-order valence-electron chi connectivity index (χ1n) is 8.30. The molecular formula is C16H28N2O3. The number of likely N-dealkylation sites (tertiary alicyclic amines) is 1. The van der Waals surface area contributed by atoms with Gasteiger partial charge in [0.25, 0.3) is 0 Å². The molecule has 1 saturated heterocycles. The molecule has 1 aliphatic heterocycles. The van der Waals surface area contributed by atoms with E-state index >= 15 is 0 Å². The molecule has 1 atom stereocenters. The number of hydrogen-bond donors (Lipinski definition) is 1. The molecule has 120 valence electrons. The van der Waals surface area contributed by atoms with Crippen LogP contribution in [-0.2, 0) is 4.79 Å². The van der Waals surface area contributed by atoms with Crippen LogP contribution in [0, 0.1) is 5.92 Å². The Balaban J connectivity index is 2.07. The van der Waals surface area contributed by atoms with E-state index in [-0.39, 0.29) is 6.03 Å². The molecule has 0 bridgehead atoms. The third-order valence-corrected chi connectivity index (χ3v) is 4.74. The Morgan fingerprint density at radius 3 is 2.43 bits per heavy atom. The van der Waals surface area contributed by atoms with Crippen molar-refractivity contribution in [2.24, 2.45) is 5.92 Å². The van der Waals surface area contributed by atoms with Gasteiger partial charge in [0.1, 0.15) is 6.04 Å². The van der Waals surface area contributed by atoms with Crippen LogP contribution >= 0.6 is 0 Å². The number of nitrogens with zero attached hydrogens (tertiary/aromatic N) is 2. The molecule has 1 aliphatic carbocycles. The monoisotopic (exact) mass is 296 g/mol. The van der Waals surface area contributed by atoms with E-state index < -0.39 is 12.0 Å². The maximum atomic E-state index is 12.8. The van der Waals surface area contributed by atoms with Crippen LogP contribution in [0.1, 0.15) is 58.8 Å². The zero-order chi connectivity index (χ0) is 15.4. The van der Waals surface area contributed by atoms with Gasteiger partial charge in [0.15, 0.2) is 0 Å². The van der Waals surface area contributed by atoms with E-state index in [4.69, 9.17) is 0 Å². The lowest BCUT2D eigenvalue weighted by molar-refractivity contribution is -0.141. The summed E-state index contributed by atoms with van der Waals surface area (Å²) in [5.74, 6) is -0.313. The number of rotatable bonds is 5. The van der Waals surface area contributed by atoms with Gasteiger partial charge in [-0.2, -0.15) is 0 Å². The Kier molecular flexibility index (Phi) is 5.48. The summed E-state index contributed by atoms with van der Waals surface area (Å²) < 4.78 is 0. The molecule has 2 aliphatic rings. The van der Waals surface area contributed by atoms with Gasteiger partial charge in [0.2, 0.25) is 0 Å². The Morgan fingerprint density at radius 1 is 1.19 bits per heavy atom. The minimum Gasteiger partial charge on any atom is -0.480 e. The summed E-state index contributed by atoms with van der Waals surface area (Å²) in [6.07, 6.45) is 6.85. The van der Waals surface area contributed by atoms with Crippen LogP contribution in [0.15, 0.2) is 0 Å². The largest absolute Gasteiger partial charge is 0.480 e. The van der Waals surface area contributed by atoms with E-state index in [2.05, 4.69) is 13.8 Å². The van der Waals surface area contributed by atoms with Crippen molar-refractivity contribution in [2.45, 2.75) is 70.9 Å². The number of aliphatic carboxylic acids is 1. The van der Waals surface area contributed by atoms with Gasteiger partial charge < -0.3 is 14.9 Å². The smallest absolute Gasteiger partial charge is 0.326 e. The van der Waals surface area contributed by atoms with Crippen molar-refractivity contribution >= 4 is 12.0 Å². The topological polar surface area (TPSA) is 60.9 Å². The van der Waals surface area contributed by atoms with E-state index in [9.17, 15) is 14.7 Å². The second kappa shape index (κ2) is 7.14. The Bertz CT molecular complexity index is 378. The standard InChI is InChI=1S/C16H28N2O3/c1-12(2)9-11-17(13-6-3-4-7-13)16(21)18-10-5-8-14(18)15(19)20/h12-14H,3-11H2,1-2H3,(H,19,20). The summed E-state index contributed by atoms with van der Waals surface area (Å²) in [7, 11) is 0. The molecule has 0 radical (unpaired) electrons. The van der Waals surface area contributed by atoms with Gasteiger partial charge in [-0.3, -0.25) is 0 Å². The summed E-state index contributed by atoms with van der Waals surface area (Å²) in [6, 6.07) is -0.362. The normalized spacial score (nSPS) is 23.0. The van der Waals surface area contributed by atoms with Gasteiger partial charge >= 0.3 is 12.0 Å².